The lowest BCUT2D eigenvalue weighted by Crippen LogP contribution is -2.55. The minimum Gasteiger partial charge on any atom is -0.444 e. The molecule has 0 radical (unpaired) electrons. The van der Waals surface area contributed by atoms with Crippen LogP contribution >= 0.6 is 0 Å². The molecule has 0 spiro atoms. The fraction of sp³-hybridized carbons (Fsp3) is 0.366. The molecule has 0 fully saturated rings. The molecule has 4 rings (SSSR count). The highest BCUT2D eigenvalue weighted by atomic mass is 16.6. The van der Waals surface area contributed by atoms with Crippen molar-refractivity contribution in [3.63, 3.8) is 0 Å². The van der Waals surface area contributed by atoms with E-state index in [0.29, 0.717) is 26.4 Å². The molecule has 0 aliphatic carbocycles. The van der Waals surface area contributed by atoms with Gasteiger partial charge in [0.2, 0.25) is 17.7 Å². The van der Waals surface area contributed by atoms with Gasteiger partial charge in [0.15, 0.2) is 0 Å². The van der Waals surface area contributed by atoms with Gasteiger partial charge in [-0.25, -0.2) is 4.79 Å². The smallest absolute Gasteiger partial charge is 0.407 e. The number of fused-ring (bicyclic) bond motifs is 1. The number of carbonyl (C=O) groups is 4. The van der Waals surface area contributed by atoms with E-state index in [1.165, 1.54) is 0 Å². The predicted octanol–water partition coefficient (Wildman–Crippen LogP) is 4.51. The van der Waals surface area contributed by atoms with Crippen molar-refractivity contribution < 1.29 is 33.4 Å². The zero-order valence-electron chi connectivity index (χ0n) is 30.2. The molecule has 4 aromatic rings. The van der Waals surface area contributed by atoms with Crippen LogP contribution < -0.4 is 21.3 Å². The fourth-order valence-electron chi connectivity index (χ4n) is 5.49. The topological polar surface area (TPSA) is 144 Å². The van der Waals surface area contributed by atoms with Gasteiger partial charge in [0, 0.05) is 25.9 Å². The van der Waals surface area contributed by atoms with E-state index >= 15 is 0 Å². The molecular formula is C41H50N4O7. The highest BCUT2D eigenvalue weighted by Gasteiger charge is 2.27. The van der Waals surface area contributed by atoms with Crippen molar-refractivity contribution in [1.29, 1.82) is 0 Å². The zero-order valence-corrected chi connectivity index (χ0v) is 30.2. The summed E-state index contributed by atoms with van der Waals surface area (Å²) >= 11 is 0. The molecule has 0 bridgehead atoms. The van der Waals surface area contributed by atoms with E-state index in [1.54, 1.807) is 20.8 Å². The van der Waals surface area contributed by atoms with E-state index in [-0.39, 0.29) is 44.2 Å². The standard InChI is InChI=1S/C41H50N4O7/c1-41(2,3)52-40(49)43-22-24-51-26-25-50-23-21-42-38(47)35(27-30-13-6-4-7-14-30)45-39(48)36(28-31-15-8-5-9-16-31)44-37(46)29-33-19-12-18-32-17-10-11-20-34(32)33/h4-20,35-36H,21-29H2,1-3H3,(H,42,47)(H,43,49)(H,44,46)(H,45,48). The Morgan fingerprint density at radius 2 is 1.13 bits per heavy atom. The maximum atomic E-state index is 13.9. The van der Waals surface area contributed by atoms with Crippen LogP contribution in [0.4, 0.5) is 4.79 Å². The molecule has 0 aliphatic heterocycles. The normalized spacial score (nSPS) is 12.4. The second kappa shape index (κ2) is 20.6. The molecular weight excluding hydrogens is 660 g/mol. The highest BCUT2D eigenvalue weighted by Crippen LogP contribution is 2.19. The monoisotopic (exact) mass is 710 g/mol. The van der Waals surface area contributed by atoms with E-state index in [9.17, 15) is 19.2 Å². The van der Waals surface area contributed by atoms with Gasteiger partial charge in [-0.1, -0.05) is 103 Å². The summed E-state index contributed by atoms with van der Waals surface area (Å²) in [5.41, 5.74) is 2.04. The second-order valence-electron chi connectivity index (χ2n) is 13.3. The van der Waals surface area contributed by atoms with E-state index in [4.69, 9.17) is 14.2 Å². The van der Waals surface area contributed by atoms with Crippen molar-refractivity contribution in [3.8, 4) is 0 Å². The van der Waals surface area contributed by atoms with Gasteiger partial charge in [0.1, 0.15) is 17.7 Å². The van der Waals surface area contributed by atoms with Gasteiger partial charge in [0.25, 0.3) is 0 Å². The largest absolute Gasteiger partial charge is 0.444 e. The van der Waals surface area contributed by atoms with E-state index in [1.807, 2.05) is 103 Å². The average Bonchev–Trinajstić information content (AvgIpc) is 3.12. The molecule has 4 amide bonds. The van der Waals surface area contributed by atoms with Crippen LogP contribution in [0.1, 0.15) is 37.5 Å². The van der Waals surface area contributed by atoms with Crippen LogP contribution in [-0.2, 0) is 47.9 Å². The Morgan fingerprint density at radius 1 is 0.596 bits per heavy atom. The lowest BCUT2D eigenvalue weighted by molar-refractivity contribution is -0.132. The average molecular weight is 711 g/mol. The summed E-state index contributed by atoms with van der Waals surface area (Å²) < 4.78 is 16.2. The van der Waals surface area contributed by atoms with Crippen LogP contribution in [0.25, 0.3) is 10.8 Å². The molecule has 0 saturated heterocycles. The summed E-state index contributed by atoms with van der Waals surface area (Å²) in [6.45, 7) is 7.05. The molecule has 4 N–H and O–H groups in total. The van der Waals surface area contributed by atoms with Gasteiger partial charge in [0.05, 0.1) is 32.8 Å². The van der Waals surface area contributed by atoms with Gasteiger partial charge in [-0.2, -0.15) is 0 Å². The molecule has 0 saturated carbocycles. The Balaban J connectivity index is 1.31. The van der Waals surface area contributed by atoms with Gasteiger partial charge >= 0.3 is 6.09 Å². The predicted molar refractivity (Wildman–Crippen MR) is 201 cm³/mol. The van der Waals surface area contributed by atoms with E-state index in [0.717, 1.165) is 27.5 Å². The fourth-order valence-corrected chi connectivity index (χ4v) is 5.49. The van der Waals surface area contributed by atoms with Crippen molar-refractivity contribution >= 4 is 34.6 Å². The number of ether oxygens (including phenoxy) is 3. The number of hydrogen-bond acceptors (Lipinski definition) is 7. The molecule has 52 heavy (non-hydrogen) atoms. The zero-order chi connectivity index (χ0) is 37.2. The number of carbonyl (C=O) groups excluding carboxylic acids is 4. The van der Waals surface area contributed by atoms with E-state index < -0.39 is 29.7 Å². The Bertz CT molecular complexity index is 1720. The number of nitrogens with one attached hydrogen (secondary N) is 4. The van der Waals surface area contributed by atoms with Crippen molar-refractivity contribution in [1.82, 2.24) is 21.3 Å². The summed E-state index contributed by atoms with van der Waals surface area (Å²) in [4.78, 5) is 52.5. The summed E-state index contributed by atoms with van der Waals surface area (Å²) in [5.74, 6) is -1.12. The first-order valence-electron chi connectivity index (χ1n) is 17.6. The number of amides is 4. The van der Waals surface area contributed by atoms with Crippen molar-refractivity contribution in [2.75, 3.05) is 39.5 Å². The Kier molecular flexibility index (Phi) is 15.6. The number of hydrogen-bond donors (Lipinski definition) is 4. The van der Waals surface area contributed by atoms with Gasteiger partial charge in [-0.05, 0) is 48.2 Å². The Hall–Kier alpha value is -5.26. The minimum atomic E-state index is -0.918. The van der Waals surface area contributed by atoms with Crippen LogP contribution in [0.2, 0.25) is 0 Å². The third-order valence-corrected chi connectivity index (χ3v) is 7.91. The minimum absolute atomic E-state index is 0.0991. The molecule has 0 aliphatic rings. The molecule has 276 valence electrons. The van der Waals surface area contributed by atoms with Crippen molar-refractivity contribution in [3.05, 3.63) is 120 Å². The quantitative estimate of drug-likeness (QED) is 0.105. The maximum Gasteiger partial charge on any atom is 0.407 e. The lowest BCUT2D eigenvalue weighted by Gasteiger charge is -2.24. The van der Waals surface area contributed by atoms with Crippen LogP contribution in [0.3, 0.4) is 0 Å². The third kappa shape index (κ3) is 14.2. The molecule has 4 aromatic carbocycles. The first-order chi connectivity index (χ1) is 25.1. The molecule has 0 heterocycles. The first kappa shape index (κ1) is 39.5. The van der Waals surface area contributed by atoms with Crippen LogP contribution in [0, 0.1) is 0 Å². The van der Waals surface area contributed by atoms with Crippen LogP contribution in [-0.4, -0.2) is 81.0 Å². The van der Waals surface area contributed by atoms with Gasteiger partial charge in [-0.3, -0.25) is 14.4 Å². The first-order valence-corrected chi connectivity index (χ1v) is 17.6. The highest BCUT2D eigenvalue weighted by molar-refractivity contribution is 5.94. The summed E-state index contributed by atoms with van der Waals surface area (Å²) in [5, 5.41) is 13.4. The number of alkyl carbamates (subject to hydrolysis) is 1. The third-order valence-electron chi connectivity index (χ3n) is 7.91. The summed E-state index contributed by atoms with van der Waals surface area (Å²) in [6, 6.07) is 30.8. The summed E-state index contributed by atoms with van der Waals surface area (Å²) in [7, 11) is 0. The van der Waals surface area contributed by atoms with Gasteiger partial charge in [-0.15, -0.1) is 0 Å². The van der Waals surface area contributed by atoms with Crippen molar-refractivity contribution in [2.45, 2.75) is 57.7 Å². The second-order valence-corrected chi connectivity index (χ2v) is 13.3. The number of rotatable bonds is 19. The molecule has 2 unspecified atom stereocenters. The van der Waals surface area contributed by atoms with E-state index in [2.05, 4.69) is 21.3 Å². The summed E-state index contributed by atoms with van der Waals surface area (Å²) in [6.07, 6.45) is 0.104. The number of benzene rings is 4. The molecule has 2 atom stereocenters. The molecule has 0 aromatic heterocycles. The Morgan fingerprint density at radius 3 is 1.75 bits per heavy atom. The van der Waals surface area contributed by atoms with Gasteiger partial charge < -0.3 is 35.5 Å². The lowest BCUT2D eigenvalue weighted by atomic mass is 10.0. The van der Waals surface area contributed by atoms with Crippen molar-refractivity contribution in [2.24, 2.45) is 0 Å². The Labute approximate surface area is 305 Å². The molecule has 11 nitrogen and oxygen atoms in total. The van der Waals surface area contributed by atoms with Crippen LogP contribution in [0.15, 0.2) is 103 Å². The maximum absolute atomic E-state index is 13.9. The van der Waals surface area contributed by atoms with Crippen LogP contribution in [0.5, 0.6) is 0 Å². The SMILES string of the molecule is CC(C)(C)OC(=O)NCCOCCOCCNC(=O)C(Cc1ccccc1)NC(=O)C(Cc1ccccc1)NC(=O)Cc1cccc2ccccc12. The molecule has 11 heteroatoms.